The molecule has 2 aliphatic rings. The largest absolute Gasteiger partial charge is 0.340 e. The van der Waals surface area contributed by atoms with Crippen molar-refractivity contribution in [2.24, 2.45) is 0 Å². The van der Waals surface area contributed by atoms with Gasteiger partial charge in [-0.1, -0.05) is 48.5 Å². The maximum atomic E-state index is 13.1. The van der Waals surface area contributed by atoms with Crippen LogP contribution in [-0.4, -0.2) is 74.2 Å². The van der Waals surface area contributed by atoms with Crippen molar-refractivity contribution < 1.29 is 13.2 Å². The van der Waals surface area contributed by atoms with Crippen LogP contribution >= 0.6 is 0 Å². The van der Waals surface area contributed by atoms with Crippen LogP contribution in [0.4, 0.5) is 0 Å². The third kappa shape index (κ3) is 6.06. The number of carbonyl (C=O) groups is 1. The first-order valence-corrected chi connectivity index (χ1v) is 14.0. The minimum Gasteiger partial charge on any atom is -0.340 e. The minimum atomic E-state index is -3.53. The molecule has 34 heavy (non-hydrogen) atoms. The van der Waals surface area contributed by atoms with Crippen LogP contribution in [0, 0.1) is 0 Å². The summed E-state index contributed by atoms with van der Waals surface area (Å²) in [6.45, 7) is 4.28. The molecule has 7 heteroatoms. The molecule has 2 saturated heterocycles. The summed E-state index contributed by atoms with van der Waals surface area (Å²) in [5.41, 5.74) is 1.17. The lowest BCUT2D eigenvalue weighted by Gasteiger charge is -2.40. The summed E-state index contributed by atoms with van der Waals surface area (Å²) in [5, 5.41) is 0. The summed E-state index contributed by atoms with van der Waals surface area (Å²) in [7, 11) is -1.85. The van der Waals surface area contributed by atoms with Gasteiger partial charge in [0.2, 0.25) is 15.9 Å². The Kier molecular flexibility index (Phi) is 8.40. The first-order valence-electron chi connectivity index (χ1n) is 12.5. The predicted octanol–water partition coefficient (Wildman–Crippen LogP) is 3.96. The van der Waals surface area contributed by atoms with E-state index in [0.717, 1.165) is 58.3 Å². The number of amides is 1. The van der Waals surface area contributed by atoms with E-state index in [1.54, 1.807) is 31.3 Å². The monoisotopic (exact) mass is 483 g/mol. The Hall–Kier alpha value is -2.22. The Labute approximate surface area is 204 Å². The van der Waals surface area contributed by atoms with E-state index in [-0.39, 0.29) is 5.92 Å². The van der Waals surface area contributed by atoms with Crippen molar-refractivity contribution in [2.75, 3.05) is 39.8 Å². The molecule has 0 N–H and O–H groups in total. The second-order valence-corrected chi connectivity index (χ2v) is 11.7. The summed E-state index contributed by atoms with van der Waals surface area (Å²) in [6.07, 6.45) is 5.83. The molecule has 2 heterocycles. The molecule has 2 aromatic carbocycles. The second kappa shape index (κ2) is 11.5. The molecular weight excluding hydrogens is 446 g/mol. The Morgan fingerprint density at radius 1 is 0.941 bits per heavy atom. The van der Waals surface area contributed by atoms with Gasteiger partial charge in [0.25, 0.3) is 0 Å². The lowest BCUT2D eigenvalue weighted by Crippen LogP contribution is -2.49. The van der Waals surface area contributed by atoms with Crippen LogP contribution in [0.2, 0.25) is 0 Å². The van der Waals surface area contributed by atoms with Gasteiger partial charge in [-0.3, -0.25) is 4.79 Å². The summed E-state index contributed by atoms with van der Waals surface area (Å²) in [5.74, 6) is 0.447. The highest BCUT2D eigenvalue weighted by atomic mass is 32.2. The Morgan fingerprint density at radius 3 is 2.24 bits per heavy atom. The lowest BCUT2D eigenvalue weighted by atomic mass is 9.94. The molecule has 0 saturated carbocycles. The number of hydrogen-bond donors (Lipinski definition) is 0. The average Bonchev–Trinajstić information content (AvgIpc) is 2.88. The Morgan fingerprint density at radius 2 is 1.59 bits per heavy atom. The SMILES string of the molecule is CN(C[C@H](CCN1CCC(N2CCCCC2=O)CC1)c1ccccc1)S(=O)(=O)c1ccccc1. The molecule has 6 nitrogen and oxygen atoms in total. The molecule has 0 radical (unpaired) electrons. The molecule has 184 valence electrons. The van der Waals surface area contributed by atoms with Crippen LogP contribution in [-0.2, 0) is 14.8 Å². The van der Waals surface area contributed by atoms with Crippen molar-refractivity contribution in [1.82, 2.24) is 14.1 Å². The van der Waals surface area contributed by atoms with E-state index in [2.05, 4.69) is 21.9 Å². The standard InChI is InChI=1S/C27H37N3O3S/c1-28(34(32,33)26-12-6-3-7-13-26)22-24(23-10-4-2-5-11-23)15-19-29-20-16-25(17-21-29)30-18-9-8-14-27(30)31/h2-7,10-13,24-25H,8-9,14-22H2,1H3/t24-/m0/s1. The molecule has 2 aromatic rings. The summed E-state index contributed by atoms with van der Waals surface area (Å²) >= 11 is 0. The smallest absolute Gasteiger partial charge is 0.242 e. The number of hydrogen-bond acceptors (Lipinski definition) is 4. The zero-order chi connectivity index (χ0) is 24.0. The second-order valence-electron chi connectivity index (χ2n) is 9.61. The summed E-state index contributed by atoms with van der Waals surface area (Å²) in [6, 6.07) is 19.3. The van der Waals surface area contributed by atoms with Crippen molar-refractivity contribution in [1.29, 1.82) is 0 Å². The number of likely N-dealkylation sites (tertiary alicyclic amines) is 2. The number of nitrogens with zero attached hydrogens (tertiary/aromatic N) is 3. The van der Waals surface area contributed by atoms with Crippen LogP contribution in [0.3, 0.4) is 0 Å². The number of rotatable bonds is 9. The minimum absolute atomic E-state index is 0.117. The topological polar surface area (TPSA) is 60.9 Å². The van der Waals surface area contributed by atoms with Gasteiger partial charge < -0.3 is 9.80 Å². The van der Waals surface area contributed by atoms with Crippen LogP contribution in [0.5, 0.6) is 0 Å². The molecular formula is C27H37N3O3S. The van der Waals surface area contributed by atoms with Crippen LogP contribution in [0.15, 0.2) is 65.6 Å². The molecule has 0 unspecified atom stereocenters. The fourth-order valence-corrected chi connectivity index (χ4v) is 6.51. The third-order valence-corrected chi connectivity index (χ3v) is 9.19. The zero-order valence-electron chi connectivity index (χ0n) is 20.2. The van der Waals surface area contributed by atoms with Crippen molar-refractivity contribution in [3.8, 4) is 0 Å². The highest BCUT2D eigenvalue weighted by Gasteiger charge is 2.30. The number of carbonyl (C=O) groups excluding carboxylic acids is 1. The number of piperidine rings is 2. The third-order valence-electron chi connectivity index (χ3n) is 7.35. The average molecular weight is 484 g/mol. The summed E-state index contributed by atoms with van der Waals surface area (Å²) < 4.78 is 27.7. The Balaban J connectivity index is 1.36. The molecule has 0 aliphatic carbocycles. The van der Waals surface area contributed by atoms with E-state index in [4.69, 9.17) is 0 Å². The number of benzene rings is 2. The molecule has 1 amide bonds. The van der Waals surface area contributed by atoms with Gasteiger partial charge in [-0.05, 0) is 62.3 Å². The van der Waals surface area contributed by atoms with Gasteiger partial charge in [0.15, 0.2) is 0 Å². The van der Waals surface area contributed by atoms with E-state index < -0.39 is 10.0 Å². The molecule has 2 fully saturated rings. The van der Waals surface area contributed by atoms with E-state index in [9.17, 15) is 13.2 Å². The molecule has 1 atom stereocenters. The van der Waals surface area contributed by atoms with Gasteiger partial charge in [-0.15, -0.1) is 0 Å². The van der Waals surface area contributed by atoms with Crippen molar-refractivity contribution in [3.05, 3.63) is 66.2 Å². The molecule has 0 bridgehead atoms. The quantitative estimate of drug-likeness (QED) is 0.542. The van der Waals surface area contributed by atoms with Gasteiger partial charge in [-0.25, -0.2) is 12.7 Å². The maximum Gasteiger partial charge on any atom is 0.242 e. The first kappa shape index (κ1) is 24.9. The van der Waals surface area contributed by atoms with Crippen molar-refractivity contribution in [2.45, 2.75) is 55.4 Å². The molecule has 4 rings (SSSR count). The number of sulfonamides is 1. The van der Waals surface area contributed by atoms with Gasteiger partial charge in [0.1, 0.15) is 0 Å². The normalized spacial score (nSPS) is 19.5. The van der Waals surface area contributed by atoms with Crippen molar-refractivity contribution in [3.63, 3.8) is 0 Å². The zero-order valence-corrected chi connectivity index (χ0v) is 21.0. The van der Waals surface area contributed by atoms with Gasteiger partial charge >= 0.3 is 0 Å². The van der Waals surface area contributed by atoms with E-state index >= 15 is 0 Å². The van der Waals surface area contributed by atoms with Gasteiger partial charge in [0.05, 0.1) is 4.90 Å². The molecule has 0 aromatic heterocycles. The predicted molar refractivity (Wildman–Crippen MR) is 135 cm³/mol. The lowest BCUT2D eigenvalue weighted by molar-refractivity contribution is -0.136. The van der Waals surface area contributed by atoms with E-state index in [1.807, 2.05) is 24.3 Å². The van der Waals surface area contributed by atoms with Crippen LogP contribution < -0.4 is 0 Å². The van der Waals surface area contributed by atoms with E-state index in [0.29, 0.717) is 29.8 Å². The fourth-order valence-electron chi connectivity index (χ4n) is 5.28. The molecule has 2 aliphatic heterocycles. The van der Waals surface area contributed by atoms with Crippen LogP contribution in [0.25, 0.3) is 0 Å². The Bertz CT molecular complexity index is 1020. The van der Waals surface area contributed by atoms with Crippen molar-refractivity contribution >= 4 is 15.9 Å². The number of likely N-dealkylation sites (N-methyl/N-ethyl adjacent to an activating group) is 1. The van der Waals surface area contributed by atoms with Gasteiger partial charge in [0, 0.05) is 45.7 Å². The first-order chi connectivity index (χ1) is 16.4. The highest BCUT2D eigenvalue weighted by molar-refractivity contribution is 7.89. The van der Waals surface area contributed by atoms with Gasteiger partial charge in [-0.2, -0.15) is 0 Å². The van der Waals surface area contributed by atoms with E-state index in [1.165, 1.54) is 9.87 Å². The highest BCUT2D eigenvalue weighted by Crippen LogP contribution is 2.26. The maximum absolute atomic E-state index is 13.1. The fraction of sp³-hybridized carbons (Fsp3) is 0.519. The summed E-state index contributed by atoms with van der Waals surface area (Å²) in [4.78, 5) is 17.2. The molecule has 0 spiro atoms. The van der Waals surface area contributed by atoms with Crippen LogP contribution in [0.1, 0.15) is 50.0 Å².